The molecular weight excluding hydrogens is 344 g/mol. The van der Waals surface area contributed by atoms with Gasteiger partial charge in [-0.25, -0.2) is 4.79 Å². The number of amides is 1. The maximum atomic E-state index is 11.6. The van der Waals surface area contributed by atoms with Crippen molar-refractivity contribution >= 4 is 6.09 Å². The third kappa shape index (κ3) is 7.28. The Morgan fingerprint density at radius 3 is 2.48 bits per heavy atom. The van der Waals surface area contributed by atoms with Crippen molar-refractivity contribution in [3.05, 3.63) is 59.7 Å². The molecule has 0 saturated carbocycles. The third-order valence-electron chi connectivity index (χ3n) is 3.34. The zero-order valence-corrected chi connectivity index (χ0v) is 15.8. The van der Waals surface area contributed by atoms with Crippen LogP contribution in [0.3, 0.4) is 0 Å². The van der Waals surface area contributed by atoms with Crippen molar-refractivity contribution in [3.8, 4) is 17.6 Å². The van der Waals surface area contributed by atoms with Crippen LogP contribution in [0.5, 0.6) is 11.5 Å². The summed E-state index contributed by atoms with van der Waals surface area (Å²) in [5.74, 6) is 0.992. The Balaban J connectivity index is 1.91. The summed E-state index contributed by atoms with van der Waals surface area (Å²) in [4.78, 5) is 11.6. The molecule has 2 aromatic carbocycles. The molecule has 0 aliphatic carbocycles. The van der Waals surface area contributed by atoms with Crippen LogP contribution < -0.4 is 14.8 Å². The maximum Gasteiger partial charge on any atom is 0.407 e. The Morgan fingerprint density at radius 2 is 1.81 bits per heavy atom. The Labute approximate surface area is 159 Å². The zero-order valence-electron chi connectivity index (χ0n) is 15.8. The second-order valence-corrected chi connectivity index (χ2v) is 6.82. The van der Waals surface area contributed by atoms with Gasteiger partial charge in [0.1, 0.15) is 18.8 Å². The van der Waals surface area contributed by atoms with Gasteiger partial charge in [0.25, 0.3) is 0 Å². The van der Waals surface area contributed by atoms with Crippen LogP contribution in [0.4, 0.5) is 4.79 Å². The summed E-state index contributed by atoms with van der Waals surface area (Å²) in [7, 11) is 0. The van der Waals surface area contributed by atoms with Gasteiger partial charge in [-0.2, -0.15) is 5.26 Å². The lowest BCUT2D eigenvalue weighted by Crippen LogP contribution is -2.34. The lowest BCUT2D eigenvalue weighted by molar-refractivity contribution is 0.0520. The fourth-order valence-corrected chi connectivity index (χ4v) is 2.17. The van der Waals surface area contributed by atoms with E-state index >= 15 is 0 Å². The molecule has 0 heterocycles. The first-order chi connectivity index (χ1) is 12.9. The van der Waals surface area contributed by atoms with Crippen molar-refractivity contribution in [2.75, 3.05) is 13.2 Å². The Morgan fingerprint density at radius 1 is 1.07 bits per heavy atom. The van der Waals surface area contributed by atoms with E-state index in [1.54, 1.807) is 39.0 Å². The monoisotopic (exact) mass is 368 g/mol. The summed E-state index contributed by atoms with van der Waals surface area (Å²) < 4.78 is 16.7. The molecular formula is C21H24N2O4. The summed E-state index contributed by atoms with van der Waals surface area (Å²) in [6, 6.07) is 16.8. The van der Waals surface area contributed by atoms with Gasteiger partial charge in [0, 0.05) is 6.07 Å². The van der Waals surface area contributed by atoms with Crippen LogP contribution in [0.1, 0.15) is 31.9 Å². The Hall–Kier alpha value is -3.20. The Bertz CT molecular complexity index is 792. The van der Waals surface area contributed by atoms with E-state index in [-0.39, 0.29) is 13.2 Å². The first-order valence-corrected chi connectivity index (χ1v) is 8.68. The van der Waals surface area contributed by atoms with Crippen molar-refractivity contribution in [3.63, 3.8) is 0 Å². The molecule has 142 valence electrons. The van der Waals surface area contributed by atoms with E-state index in [0.717, 1.165) is 5.56 Å². The lowest BCUT2D eigenvalue weighted by atomic mass is 10.2. The molecule has 1 N–H and O–H groups in total. The quantitative estimate of drug-likeness (QED) is 0.746. The second-order valence-electron chi connectivity index (χ2n) is 6.82. The highest BCUT2D eigenvalue weighted by Gasteiger charge is 2.15. The maximum absolute atomic E-state index is 11.6. The van der Waals surface area contributed by atoms with E-state index in [0.29, 0.717) is 23.7 Å². The van der Waals surface area contributed by atoms with Crippen LogP contribution >= 0.6 is 0 Å². The van der Waals surface area contributed by atoms with Crippen molar-refractivity contribution in [2.24, 2.45) is 0 Å². The highest BCUT2D eigenvalue weighted by Crippen LogP contribution is 2.29. The molecule has 0 fully saturated rings. The summed E-state index contributed by atoms with van der Waals surface area (Å²) in [5, 5.41) is 11.7. The first kappa shape index (κ1) is 20.1. The lowest BCUT2D eigenvalue weighted by Gasteiger charge is -2.19. The summed E-state index contributed by atoms with van der Waals surface area (Å²) in [5.41, 5.74) is 0.950. The summed E-state index contributed by atoms with van der Waals surface area (Å²) >= 11 is 0. The number of rotatable bonds is 7. The molecule has 0 atom stereocenters. The highest BCUT2D eigenvalue weighted by atomic mass is 16.6. The first-order valence-electron chi connectivity index (χ1n) is 8.68. The van der Waals surface area contributed by atoms with E-state index < -0.39 is 11.7 Å². The van der Waals surface area contributed by atoms with Gasteiger partial charge in [0.05, 0.1) is 18.2 Å². The number of ether oxygens (including phenoxy) is 3. The van der Waals surface area contributed by atoms with Gasteiger partial charge in [-0.15, -0.1) is 0 Å². The van der Waals surface area contributed by atoms with E-state index in [1.165, 1.54) is 0 Å². The molecule has 0 saturated heterocycles. The van der Waals surface area contributed by atoms with Crippen LogP contribution in [-0.4, -0.2) is 24.8 Å². The van der Waals surface area contributed by atoms with Crippen molar-refractivity contribution < 1.29 is 19.0 Å². The number of nitrogens with one attached hydrogen (secondary N) is 1. The number of alkyl carbamates (subject to hydrolysis) is 1. The van der Waals surface area contributed by atoms with Gasteiger partial charge >= 0.3 is 6.09 Å². The predicted octanol–water partition coefficient (Wildman–Crippen LogP) is 4.04. The molecule has 0 aliphatic rings. The fourth-order valence-electron chi connectivity index (χ4n) is 2.17. The van der Waals surface area contributed by atoms with Gasteiger partial charge in [-0.05, 0) is 38.5 Å². The highest BCUT2D eigenvalue weighted by molar-refractivity contribution is 5.67. The number of nitriles is 1. The van der Waals surface area contributed by atoms with Crippen LogP contribution in [0.15, 0.2) is 48.5 Å². The number of benzene rings is 2. The standard InChI is InChI=1S/C21H24N2O4/c1-21(2,3)27-20(24)23-11-12-25-18-10-9-17(14-22)13-19(18)26-15-16-7-5-4-6-8-16/h4-10,13H,11-12,15H2,1-3H3,(H,23,24). The van der Waals surface area contributed by atoms with Crippen molar-refractivity contribution in [2.45, 2.75) is 33.0 Å². The predicted molar refractivity (Wildman–Crippen MR) is 102 cm³/mol. The molecule has 0 aromatic heterocycles. The number of hydrogen-bond acceptors (Lipinski definition) is 5. The van der Waals surface area contributed by atoms with Crippen molar-refractivity contribution in [1.82, 2.24) is 5.32 Å². The van der Waals surface area contributed by atoms with Crippen molar-refractivity contribution in [1.29, 1.82) is 5.26 Å². The van der Waals surface area contributed by atoms with E-state index in [4.69, 9.17) is 19.5 Å². The second kappa shape index (κ2) is 9.48. The minimum Gasteiger partial charge on any atom is -0.488 e. The number of hydrogen-bond donors (Lipinski definition) is 1. The molecule has 0 aliphatic heterocycles. The number of carbonyl (C=O) groups is 1. The molecule has 0 bridgehead atoms. The van der Waals surface area contributed by atoms with Gasteiger partial charge in [-0.3, -0.25) is 0 Å². The Kier molecular flexibility index (Phi) is 7.07. The molecule has 2 rings (SSSR count). The number of carbonyl (C=O) groups excluding carboxylic acids is 1. The fraction of sp³-hybridized carbons (Fsp3) is 0.333. The van der Waals surface area contributed by atoms with Crippen LogP contribution in [0, 0.1) is 11.3 Å². The van der Waals surface area contributed by atoms with Gasteiger partial charge in [0.2, 0.25) is 0 Å². The number of nitrogens with zero attached hydrogens (tertiary/aromatic N) is 1. The van der Waals surface area contributed by atoms with Crippen LogP contribution in [0.2, 0.25) is 0 Å². The van der Waals surface area contributed by atoms with Gasteiger partial charge < -0.3 is 19.5 Å². The molecule has 0 spiro atoms. The zero-order chi connectivity index (χ0) is 19.7. The normalized spacial score (nSPS) is 10.6. The summed E-state index contributed by atoms with van der Waals surface area (Å²) in [6.45, 7) is 6.30. The van der Waals surface area contributed by atoms with E-state index in [9.17, 15) is 4.79 Å². The average Bonchev–Trinajstić information content (AvgIpc) is 2.63. The molecule has 6 nitrogen and oxygen atoms in total. The molecule has 1 amide bonds. The van der Waals surface area contributed by atoms with Gasteiger partial charge in [0.15, 0.2) is 11.5 Å². The topological polar surface area (TPSA) is 80.6 Å². The van der Waals surface area contributed by atoms with Gasteiger partial charge in [-0.1, -0.05) is 30.3 Å². The SMILES string of the molecule is CC(C)(C)OC(=O)NCCOc1ccc(C#N)cc1OCc1ccccc1. The van der Waals surface area contributed by atoms with E-state index in [2.05, 4.69) is 11.4 Å². The minimum absolute atomic E-state index is 0.243. The minimum atomic E-state index is -0.545. The third-order valence-corrected chi connectivity index (χ3v) is 3.34. The molecule has 2 aromatic rings. The van der Waals surface area contributed by atoms with Crippen LogP contribution in [-0.2, 0) is 11.3 Å². The summed E-state index contributed by atoms with van der Waals surface area (Å²) in [6.07, 6.45) is -0.494. The molecule has 0 radical (unpaired) electrons. The van der Waals surface area contributed by atoms with Crippen LogP contribution in [0.25, 0.3) is 0 Å². The largest absolute Gasteiger partial charge is 0.488 e. The smallest absolute Gasteiger partial charge is 0.407 e. The molecule has 6 heteroatoms. The molecule has 0 unspecified atom stereocenters. The molecule has 27 heavy (non-hydrogen) atoms. The average molecular weight is 368 g/mol. The van der Waals surface area contributed by atoms with E-state index in [1.807, 2.05) is 30.3 Å².